The molecular formula is C14H22N2S. The molecule has 0 aromatic heterocycles. The Hall–Kier alpha value is -0.670. The van der Waals surface area contributed by atoms with Crippen LogP contribution < -0.4 is 5.32 Å². The fourth-order valence-electron chi connectivity index (χ4n) is 2.39. The number of nitrogens with zero attached hydrogens (tertiary/aromatic N) is 1. The quantitative estimate of drug-likeness (QED) is 0.825. The predicted octanol–water partition coefficient (Wildman–Crippen LogP) is 3.30. The third-order valence-corrected chi connectivity index (χ3v) is 4.39. The summed E-state index contributed by atoms with van der Waals surface area (Å²) in [5, 5.41) is 3.69. The van der Waals surface area contributed by atoms with Gasteiger partial charge in [-0.3, -0.25) is 0 Å². The largest absolute Gasteiger partial charge is 0.380 e. The topological polar surface area (TPSA) is 15.3 Å². The van der Waals surface area contributed by atoms with Crippen LogP contribution in [0, 0.1) is 0 Å². The molecule has 94 valence electrons. The van der Waals surface area contributed by atoms with E-state index in [9.17, 15) is 0 Å². The zero-order valence-electron chi connectivity index (χ0n) is 10.9. The molecule has 1 saturated heterocycles. The molecule has 3 heteroatoms. The normalized spacial score (nSPS) is 25.1. The van der Waals surface area contributed by atoms with Gasteiger partial charge in [-0.2, -0.15) is 0 Å². The van der Waals surface area contributed by atoms with Crippen molar-refractivity contribution in [1.29, 1.82) is 0 Å². The standard InChI is InChI=1S/C14H22N2S/c1-4-17-14-8-6-5-7-13(14)15-12-9-11(2)16(3)10-12/h5-8,11-12,15H,4,9-10H2,1-3H3. The Morgan fingerprint density at radius 1 is 1.41 bits per heavy atom. The van der Waals surface area contributed by atoms with Crippen LogP contribution in [-0.4, -0.2) is 36.3 Å². The maximum Gasteiger partial charge on any atom is 0.0480 e. The monoisotopic (exact) mass is 250 g/mol. The second-order valence-electron chi connectivity index (χ2n) is 4.79. The summed E-state index contributed by atoms with van der Waals surface area (Å²) in [6.45, 7) is 5.65. The summed E-state index contributed by atoms with van der Waals surface area (Å²) in [6, 6.07) is 9.92. The van der Waals surface area contributed by atoms with Crippen molar-refractivity contribution in [2.24, 2.45) is 0 Å². The van der Waals surface area contributed by atoms with Crippen LogP contribution in [-0.2, 0) is 0 Å². The number of rotatable bonds is 4. The number of benzene rings is 1. The maximum atomic E-state index is 3.69. The molecular weight excluding hydrogens is 228 g/mol. The van der Waals surface area contributed by atoms with Gasteiger partial charge in [-0.15, -0.1) is 11.8 Å². The van der Waals surface area contributed by atoms with Gasteiger partial charge < -0.3 is 10.2 Å². The Morgan fingerprint density at radius 3 is 2.82 bits per heavy atom. The number of likely N-dealkylation sites (tertiary alicyclic amines) is 1. The third-order valence-electron chi connectivity index (χ3n) is 3.43. The summed E-state index contributed by atoms with van der Waals surface area (Å²) < 4.78 is 0. The van der Waals surface area contributed by atoms with Crippen LogP contribution in [0.3, 0.4) is 0 Å². The molecule has 2 rings (SSSR count). The lowest BCUT2D eigenvalue weighted by Gasteiger charge is -2.16. The minimum Gasteiger partial charge on any atom is -0.380 e. The highest BCUT2D eigenvalue weighted by Gasteiger charge is 2.26. The number of para-hydroxylation sites is 1. The first-order chi connectivity index (χ1) is 8.20. The highest BCUT2D eigenvalue weighted by atomic mass is 32.2. The van der Waals surface area contributed by atoms with E-state index in [1.807, 2.05) is 11.8 Å². The molecule has 1 aliphatic heterocycles. The van der Waals surface area contributed by atoms with E-state index >= 15 is 0 Å². The van der Waals surface area contributed by atoms with Gasteiger partial charge in [0.15, 0.2) is 0 Å². The molecule has 1 aliphatic rings. The molecule has 0 amide bonds. The van der Waals surface area contributed by atoms with E-state index in [4.69, 9.17) is 0 Å². The Bertz CT molecular complexity index is 357. The van der Waals surface area contributed by atoms with Gasteiger partial charge in [-0.05, 0) is 38.3 Å². The predicted molar refractivity (Wildman–Crippen MR) is 77.0 cm³/mol. The number of hydrogen-bond donors (Lipinski definition) is 1. The number of thioether (sulfide) groups is 1. The van der Waals surface area contributed by atoms with Crippen LogP contribution in [0.5, 0.6) is 0 Å². The SMILES string of the molecule is CCSc1ccccc1NC1CC(C)N(C)C1. The maximum absolute atomic E-state index is 3.69. The van der Waals surface area contributed by atoms with Gasteiger partial charge in [-0.1, -0.05) is 19.1 Å². The van der Waals surface area contributed by atoms with Gasteiger partial charge in [0, 0.05) is 29.2 Å². The van der Waals surface area contributed by atoms with Crippen molar-refractivity contribution in [2.45, 2.75) is 37.2 Å². The summed E-state index contributed by atoms with van der Waals surface area (Å²) >= 11 is 1.91. The zero-order chi connectivity index (χ0) is 12.3. The molecule has 1 fully saturated rings. The summed E-state index contributed by atoms with van der Waals surface area (Å²) in [4.78, 5) is 3.80. The Kier molecular flexibility index (Phi) is 4.35. The van der Waals surface area contributed by atoms with Gasteiger partial charge in [-0.25, -0.2) is 0 Å². The molecule has 0 bridgehead atoms. The summed E-state index contributed by atoms with van der Waals surface area (Å²) in [5.74, 6) is 1.12. The van der Waals surface area contributed by atoms with Gasteiger partial charge in [0.05, 0.1) is 0 Å². The van der Waals surface area contributed by atoms with Gasteiger partial charge in [0.2, 0.25) is 0 Å². The second kappa shape index (κ2) is 5.78. The number of hydrogen-bond acceptors (Lipinski definition) is 3. The molecule has 0 spiro atoms. The lowest BCUT2D eigenvalue weighted by Crippen LogP contribution is -2.25. The van der Waals surface area contributed by atoms with Crippen LogP contribution in [0.1, 0.15) is 20.3 Å². The van der Waals surface area contributed by atoms with Crippen molar-refractivity contribution in [2.75, 3.05) is 24.7 Å². The fourth-order valence-corrected chi connectivity index (χ4v) is 3.15. The Balaban J connectivity index is 2.03. The van der Waals surface area contributed by atoms with E-state index in [1.165, 1.54) is 17.0 Å². The zero-order valence-corrected chi connectivity index (χ0v) is 11.8. The van der Waals surface area contributed by atoms with E-state index in [2.05, 4.69) is 55.4 Å². The van der Waals surface area contributed by atoms with Crippen LogP contribution in [0.4, 0.5) is 5.69 Å². The lowest BCUT2D eigenvalue weighted by molar-refractivity contribution is 0.330. The van der Waals surface area contributed by atoms with Crippen molar-refractivity contribution in [3.8, 4) is 0 Å². The van der Waals surface area contributed by atoms with E-state index in [1.54, 1.807) is 0 Å². The fraction of sp³-hybridized carbons (Fsp3) is 0.571. The molecule has 1 N–H and O–H groups in total. The molecule has 2 atom stereocenters. The molecule has 0 saturated carbocycles. The van der Waals surface area contributed by atoms with E-state index in [0.717, 1.165) is 12.3 Å². The molecule has 0 radical (unpaired) electrons. The highest BCUT2D eigenvalue weighted by molar-refractivity contribution is 7.99. The van der Waals surface area contributed by atoms with Crippen molar-refractivity contribution in [3.05, 3.63) is 24.3 Å². The second-order valence-corrected chi connectivity index (χ2v) is 6.10. The van der Waals surface area contributed by atoms with Crippen LogP contribution >= 0.6 is 11.8 Å². The van der Waals surface area contributed by atoms with Crippen LogP contribution in [0.15, 0.2) is 29.2 Å². The molecule has 1 aromatic carbocycles. The molecule has 2 nitrogen and oxygen atoms in total. The van der Waals surface area contributed by atoms with E-state index < -0.39 is 0 Å². The molecule has 2 unspecified atom stereocenters. The van der Waals surface area contributed by atoms with Crippen molar-refractivity contribution in [1.82, 2.24) is 4.90 Å². The van der Waals surface area contributed by atoms with Crippen molar-refractivity contribution < 1.29 is 0 Å². The van der Waals surface area contributed by atoms with E-state index in [-0.39, 0.29) is 0 Å². The van der Waals surface area contributed by atoms with Gasteiger partial charge in [0.1, 0.15) is 0 Å². The Labute approximate surface area is 109 Å². The average molecular weight is 250 g/mol. The average Bonchev–Trinajstić information content (AvgIpc) is 2.61. The summed E-state index contributed by atoms with van der Waals surface area (Å²) in [5.41, 5.74) is 1.30. The number of nitrogens with one attached hydrogen (secondary N) is 1. The smallest absolute Gasteiger partial charge is 0.0480 e. The van der Waals surface area contributed by atoms with Crippen LogP contribution in [0.2, 0.25) is 0 Å². The molecule has 0 aliphatic carbocycles. The lowest BCUT2D eigenvalue weighted by atomic mass is 10.2. The summed E-state index contributed by atoms with van der Waals surface area (Å²) in [7, 11) is 2.21. The molecule has 1 aromatic rings. The Morgan fingerprint density at radius 2 is 2.18 bits per heavy atom. The van der Waals surface area contributed by atoms with Crippen molar-refractivity contribution in [3.63, 3.8) is 0 Å². The number of anilines is 1. The van der Waals surface area contributed by atoms with Crippen LogP contribution in [0.25, 0.3) is 0 Å². The first kappa shape index (κ1) is 12.8. The van der Waals surface area contributed by atoms with Gasteiger partial charge >= 0.3 is 0 Å². The van der Waals surface area contributed by atoms with Gasteiger partial charge in [0.25, 0.3) is 0 Å². The first-order valence-electron chi connectivity index (χ1n) is 6.39. The highest BCUT2D eigenvalue weighted by Crippen LogP contribution is 2.29. The molecule has 17 heavy (non-hydrogen) atoms. The summed E-state index contributed by atoms with van der Waals surface area (Å²) in [6.07, 6.45) is 1.24. The number of likely N-dealkylation sites (N-methyl/N-ethyl adjacent to an activating group) is 1. The van der Waals surface area contributed by atoms with E-state index in [0.29, 0.717) is 12.1 Å². The minimum atomic E-state index is 0.591. The minimum absolute atomic E-state index is 0.591. The third kappa shape index (κ3) is 3.17. The van der Waals surface area contributed by atoms with Crippen molar-refractivity contribution >= 4 is 17.4 Å². The first-order valence-corrected chi connectivity index (χ1v) is 7.38. The molecule has 1 heterocycles.